The van der Waals surface area contributed by atoms with E-state index in [1.165, 1.54) is 0 Å². The van der Waals surface area contributed by atoms with Crippen LogP contribution in [0.3, 0.4) is 0 Å². The lowest BCUT2D eigenvalue weighted by Gasteiger charge is -2.15. The zero-order chi connectivity index (χ0) is 19.9. The smallest absolute Gasteiger partial charge is 0.254 e. The minimum atomic E-state index is -0.949. The third-order valence-corrected chi connectivity index (χ3v) is 4.19. The van der Waals surface area contributed by atoms with Gasteiger partial charge in [-0.3, -0.25) is 14.4 Å². The van der Waals surface area contributed by atoms with E-state index < -0.39 is 17.9 Å². The number of hydrogen-bond acceptors (Lipinski definition) is 5. The van der Waals surface area contributed by atoms with Crippen LogP contribution < -0.4 is 25.4 Å². The number of hydrogen-bond donors (Lipinski definition) is 3. The highest BCUT2D eigenvalue weighted by Crippen LogP contribution is 2.25. The summed E-state index contributed by atoms with van der Waals surface area (Å²) in [5.74, 6) is -0.0151. The van der Waals surface area contributed by atoms with Gasteiger partial charge in [-0.05, 0) is 24.3 Å². The summed E-state index contributed by atoms with van der Waals surface area (Å²) in [7, 11) is 1.55. The van der Waals surface area contributed by atoms with Crippen molar-refractivity contribution in [2.24, 2.45) is 0 Å². The molecule has 2 aromatic carbocycles. The van der Waals surface area contributed by atoms with Gasteiger partial charge in [-0.2, -0.15) is 0 Å². The molecule has 2 aromatic rings. The van der Waals surface area contributed by atoms with Crippen molar-refractivity contribution in [3.63, 3.8) is 0 Å². The van der Waals surface area contributed by atoms with Gasteiger partial charge in [0.15, 0.2) is 11.5 Å². The fraction of sp³-hybridized carbons (Fsp3) is 0.250. The molecule has 0 bridgehead atoms. The molecule has 8 heteroatoms. The number of amides is 3. The second kappa shape index (κ2) is 8.90. The highest BCUT2D eigenvalue weighted by atomic mass is 16.5. The molecule has 0 saturated carbocycles. The number of nitrogens with one attached hydrogen (secondary N) is 3. The Kier molecular flexibility index (Phi) is 6.11. The number of ether oxygens (including phenoxy) is 2. The average Bonchev–Trinajstić information content (AvgIpc) is 2.82. The maximum Gasteiger partial charge on any atom is 0.254 e. The van der Waals surface area contributed by atoms with Crippen LogP contribution >= 0.6 is 0 Å². The largest absolute Gasteiger partial charge is 0.493 e. The number of carbonyl (C=O) groups is 3. The van der Waals surface area contributed by atoms with Crippen molar-refractivity contribution in [2.45, 2.75) is 12.5 Å². The normalized spacial score (nSPS) is 15.5. The molecule has 146 valence electrons. The Bertz CT molecular complexity index is 884. The fourth-order valence-corrected chi connectivity index (χ4v) is 2.80. The molecular weight excluding hydrogens is 362 g/mol. The highest BCUT2D eigenvalue weighted by molar-refractivity contribution is 6.10. The Morgan fingerprint density at radius 1 is 1.07 bits per heavy atom. The summed E-state index contributed by atoms with van der Waals surface area (Å²) >= 11 is 0. The zero-order valence-corrected chi connectivity index (χ0v) is 15.4. The molecule has 28 heavy (non-hydrogen) atoms. The van der Waals surface area contributed by atoms with Gasteiger partial charge in [0.2, 0.25) is 11.8 Å². The lowest BCUT2D eigenvalue weighted by molar-refractivity contribution is -0.125. The van der Waals surface area contributed by atoms with Gasteiger partial charge < -0.3 is 25.4 Å². The predicted octanol–water partition coefficient (Wildman–Crippen LogP) is 1.33. The number of carbonyl (C=O) groups excluding carboxylic acids is 3. The third-order valence-electron chi connectivity index (χ3n) is 4.19. The number of para-hydroxylation sites is 3. The van der Waals surface area contributed by atoms with E-state index in [0.717, 1.165) is 0 Å². The van der Waals surface area contributed by atoms with Gasteiger partial charge in [0.05, 0.1) is 31.3 Å². The molecule has 3 N–H and O–H groups in total. The first-order chi connectivity index (χ1) is 13.6. The van der Waals surface area contributed by atoms with Crippen LogP contribution in [0.25, 0.3) is 0 Å². The number of benzene rings is 2. The van der Waals surface area contributed by atoms with Gasteiger partial charge in [0, 0.05) is 0 Å². The fourth-order valence-electron chi connectivity index (χ4n) is 2.80. The highest BCUT2D eigenvalue weighted by Gasteiger charge is 2.29. The number of anilines is 1. The van der Waals surface area contributed by atoms with E-state index in [1.54, 1.807) is 43.5 Å². The molecule has 8 nitrogen and oxygen atoms in total. The molecule has 0 aliphatic carbocycles. The van der Waals surface area contributed by atoms with Crippen molar-refractivity contribution >= 4 is 23.4 Å². The molecule has 3 amide bonds. The van der Waals surface area contributed by atoms with E-state index in [0.29, 0.717) is 22.7 Å². The van der Waals surface area contributed by atoms with Crippen molar-refractivity contribution in [3.05, 3.63) is 54.1 Å². The monoisotopic (exact) mass is 383 g/mol. The summed E-state index contributed by atoms with van der Waals surface area (Å²) in [6.45, 7) is 0.486. The summed E-state index contributed by atoms with van der Waals surface area (Å²) in [6, 6.07) is 12.9. The molecule has 1 heterocycles. The van der Waals surface area contributed by atoms with Crippen LogP contribution in [-0.2, 0) is 9.59 Å². The number of fused-ring (bicyclic) bond motifs is 1. The van der Waals surface area contributed by atoms with Crippen LogP contribution in [-0.4, -0.2) is 44.0 Å². The van der Waals surface area contributed by atoms with E-state index >= 15 is 0 Å². The van der Waals surface area contributed by atoms with Crippen LogP contribution in [0.1, 0.15) is 16.8 Å². The standard InChI is InChI=1S/C20H21N3O5/c1-27-16-8-4-5-9-17(16)28-11-10-21-18(24)12-15-20(26)22-14-7-3-2-6-13(14)19(25)23-15/h2-9,15H,10-12H2,1H3,(H,21,24)(H,22,26)(H,23,25)/t15-/m0/s1. The summed E-state index contributed by atoms with van der Waals surface area (Å²) in [4.78, 5) is 36.7. The second-order valence-electron chi connectivity index (χ2n) is 6.11. The molecule has 0 fully saturated rings. The molecule has 0 unspecified atom stereocenters. The SMILES string of the molecule is COc1ccccc1OCCNC(=O)C[C@@H]1NC(=O)c2ccccc2NC1=O. The van der Waals surface area contributed by atoms with Crippen molar-refractivity contribution in [3.8, 4) is 11.5 Å². The lowest BCUT2D eigenvalue weighted by atomic mass is 10.1. The number of methoxy groups -OCH3 is 1. The molecule has 1 aliphatic rings. The second-order valence-corrected chi connectivity index (χ2v) is 6.11. The molecule has 0 spiro atoms. The topological polar surface area (TPSA) is 106 Å². The Morgan fingerprint density at radius 2 is 1.79 bits per heavy atom. The number of rotatable bonds is 7. The van der Waals surface area contributed by atoms with Gasteiger partial charge in [-0.25, -0.2) is 0 Å². The summed E-state index contributed by atoms with van der Waals surface area (Å²) in [5, 5.41) is 7.93. The van der Waals surface area contributed by atoms with Crippen molar-refractivity contribution in [1.82, 2.24) is 10.6 Å². The summed E-state index contributed by atoms with van der Waals surface area (Å²) in [6.07, 6.45) is -0.166. The maximum atomic E-state index is 12.3. The van der Waals surface area contributed by atoms with E-state index in [-0.39, 0.29) is 25.5 Å². The molecule has 0 aromatic heterocycles. The van der Waals surface area contributed by atoms with E-state index in [9.17, 15) is 14.4 Å². The van der Waals surface area contributed by atoms with Gasteiger partial charge in [-0.1, -0.05) is 24.3 Å². The molecule has 0 radical (unpaired) electrons. The molecule has 1 atom stereocenters. The van der Waals surface area contributed by atoms with Crippen LogP contribution in [0.4, 0.5) is 5.69 Å². The molecule has 1 aliphatic heterocycles. The zero-order valence-electron chi connectivity index (χ0n) is 15.4. The van der Waals surface area contributed by atoms with Crippen LogP contribution in [0.5, 0.6) is 11.5 Å². The van der Waals surface area contributed by atoms with Gasteiger partial charge in [0.25, 0.3) is 5.91 Å². The first kappa shape index (κ1) is 19.2. The minimum absolute atomic E-state index is 0.166. The maximum absolute atomic E-state index is 12.3. The van der Waals surface area contributed by atoms with E-state index in [4.69, 9.17) is 9.47 Å². The van der Waals surface area contributed by atoms with E-state index in [2.05, 4.69) is 16.0 Å². The van der Waals surface area contributed by atoms with Gasteiger partial charge in [0.1, 0.15) is 12.6 Å². The lowest BCUT2D eigenvalue weighted by Crippen LogP contribution is -2.45. The molecule has 3 rings (SSSR count). The van der Waals surface area contributed by atoms with Gasteiger partial charge >= 0.3 is 0 Å². The molecular formula is C20H21N3O5. The van der Waals surface area contributed by atoms with Crippen LogP contribution in [0.2, 0.25) is 0 Å². The van der Waals surface area contributed by atoms with Crippen LogP contribution in [0, 0.1) is 0 Å². The quantitative estimate of drug-likeness (QED) is 0.626. The van der Waals surface area contributed by atoms with Crippen molar-refractivity contribution in [2.75, 3.05) is 25.6 Å². The average molecular weight is 383 g/mol. The predicted molar refractivity (Wildman–Crippen MR) is 102 cm³/mol. The first-order valence-corrected chi connectivity index (χ1v) is 8.81. The van der Waals surface area contributed by atoms with E-state index in [1.807, 2.05) is 12.1 Å². The first-order valence-electron chi connectivity index (χ1n) is 8.81. The van der Waals surface area contributed by atoms with Crippen molar-refractivity contribution < 1.29 is 23.9 Å². The van der Waals surface area contributed by atoms with Crippen LogP contribution in [0.15, 0.2) is 48.5 Å². The Hall–Kier alpha value is -3.55. The third kappa shape index (κ3) is 4.59. The van der Waals surface area contributed by atoms with Crippen molar-refractivity contribution in [1.29, 1.82) is 0 Å². The summed E-state index contributed by atoms with van der Waals surface area (Å²) in [5.41, 5.74) is 0.794. The Labute approximate surface area is 162 Å². The van der Waals surface area contributed by atoms with Gasteiger partial charge in [-0.15, -0.1) is 0 Å². The summed E-state index contributed by atoms with van der Waals surface area (Å²) < 4.78 is 10.8. The molecule has 0 saturated heterocycles. The Morgan fingerprint density at radius 3 is 2.57 bits per heavy atom. The minimum Gasteiger partial charge on any atom is -0.493 e. The Balaban J connectivity index is 1.48.